The van der Waals surface area contributed by atoms with Crippen molar-refractivity contribution in [2.24, 2.45) is 5.41 Å². The molecule has 0 unspecified atom stereocenters. The van der Waals surface area contributed by atoms with Crippen molar-refractivity contribution in [3.05, 3.63) is 0 Å². The third-order valence-corrected chi connectivity index (χ3v) is 3.65. The highest BCUT2D eigenvalue weighted by atomic mass is 16.5. The van der Waals surface area contributed by atoms with Gasteiger partial charge >= 0.3 is 0 Å². The molecule has 0 atom stereocenters. The molecule has 14 heavy (non-hydrogen) atoms. The van der Waals surface area contributed by atoms with Gasteiger partial charge in [-0.1, -0.05) is 19.8 Å². The van der Waals surface area contributed by atoms with Crippen LogP contribution in [0.15, 0.2) is 0 Å². The smallest absolute Gasteiger partial charge is 0.0613 e. The second-order valence-corrected chi connectivity index (χ2v) is 5.30. The van der Waals surface area contributed by atoms with E-state index < -0.39 is 0 Å². The molecule has 1 aliphatic heterocycles. The molecule has 0 spiro atoms. The lowest BCUT2D eigenvalue weighted by atomic mass is 9.87. The maximum Gasteiger partial charge on any atom is 0.0613 e. The molecule has 2 fully saturated rings. The summed E-state index contributed by atoms with van der Waals surface area (Å²) in [5.74, 6) is 0. The number of aliphatic hydroxyl groups is 1. The predicted molar refractivity (Wildman–Crippen MR) is 55.2 cm³/mol. The largest absolute Gasteiger partial charge is 0.394 e. The average Bonchev–Trinajstić information content (AvgIpc) is 2.61. The summed E-state index contributed by atoms with van der Waals surface area (Å²) < 4.78 is 5.22. The minimum atomic E-state index is 0.0264. The van der Waals surface area contributed by atoms with E-state index in [2.05, 4.69) is 12.2 Å². The Bertz CT molecular complexity index is 195. The number of aliphatic hydroxyl groups excluding tert-OH is 1. The summed E-state index contributed by atoms with van der Waals surface area (Å²) in [6, 6.07) is 0. The summed E-state index contributed by atoms with van der Waals surface area (Å²) in [6.07, 6.45) is 4.75. The minimum Gasteiger partial charge on any atom is -0.394 e. The van der Waals surface area contributed by atoms with Crippen LogP contribution in [0, 0.1) is 5.41 Å². The van der Waals surface area contributed by atoms with Gasteiger partial charge in [0.2, 0.25) is 0 Å². The molecule has 2 N–H and O–H groups in total. The molecule has 2 rings (SSSR count). The monoisotopic (exact) mass is 199 g/mol. The van der Waals surface area contributed by atoms with Crippen molar-refractivity contribution in [3.8, 4) is 0 Å². The van der Waals surface area contributed by atoms with E-state index in [0.29, 0.717) is 5.41 Å². The quantitative estimate of drug-likeness (QED) is 0.707. The van der Waals surface area contributed by atoms with Crippen molar-refractivity contribution >= 4 is 0 Å². The molecule has 1 aliphatic carbocycles. The highest BCUT2D eigenvalue weighted by Gasteiger charge is 2.38. The van der Waals surface area contributed by atoms with Gasteiger partial charge in [0.05, 0.1) is 19.8 Å². The van der Waals surface area contributed by atoms with Crippen molar-refractivity contribution in [2.75, 3.05) is 26.4 Å². The molecule has 0 bridgehead atoms. The first-order chi connectivity index (χ1) is 6.68. The molecule has 3 heteroatoms. The van der Waals surface area contributed by atoms with Gasteiger partial charge in [-0.3, -0.25) is 0 Å². The van der Waals surface area contributed by atoms with Gasteiger partial charge in [0, 0.05) is 17.5 Å². The summed E-state index contributed by atoms with van der Waals surface area (Å²) in [5.41, 5.74) is 0.337. The van der Waals surface area contributed by atoms with E-state index >= 15 is 0 Å². The molecule has 1 saturated carbocycles. The van der Waals surface area contributed by atoms with Gasteiger partial charge in [0.15, 0.2) is 0 Å². The molecule has 1 heterocycles. The van der Waals surface area contributed by atoms with Crippen LogP contribution < -0.4 is 5.32 Å². The first-order valence-corrected chi connectivity index (χ1v) is 5.62. The van der Waals surface area contributed by atoms with Crippen molar-refractivity contribution in [3.63, 3.8) is 0 Å². The van der Waals surface area contributed by atoms with E-state index in [1.807, 2.05) is 0 Å². The van der Waals surface area contributed by atoms with E-state index in [-0.39, 0.29) is 12.1 Å². The molecule has 0 aromatic carbocycles. The standard InChI is InChI=1S/C11H21NO2/c1-10(8-14-9-10)6-12-11(7-13)4-2-3-5-11/h12-13H,2-9H2,1H3. The zero-order valence-electron chi connectivity index (χ0n) is 9.01. The van der Waals surface area contributed by atoms with E-state index in [1.54, 1.807) is 0 Å². The van der Waals surface area contributed by atoms with Crippen molar-refractivity contribution in [1.29, 1.82) is 0 Å². The first-order valence-electron chi connectivity index (χ1n) is 5.62. The van der Waals surface area contributed by atoms with Gasteiger partial charge in [-0.2, -0.15) is 0 Å². The van der Waals surface area contributed by atoms with Gasteiger partial charge in [0.25, 0.3) is 0 Å². The summed E-state index contributed by atoms with van der Waals surface area (Å²) in [7, 11) is 0. The summed E-state index contributed by atoms with van der Waals surface area (Å²) in [5, 5.41) is 13.0. The maximum atomic E-state index is 9.41. The molecule has 0 aromatic heterocycles. The van der Waals surface area contributed by atoms with Gasteiger partial charge in [-0.05, 0) is 12.8 Å². The van der Waals surface area contributed by atoms with Crippen LogP contribution in [0.2, 0.25) is 0 Å². The van der Waals surface area contributed by atoms with Crippen LogP contribution in [0.25, 0.3) is 0 Å². The highest BCUT2D eigenvalue weighted by molar-refractivity contribution is 4.95. The number of hydrogen-bond acceptors (Lipinski definition) is 3. The maximum absolute atomic E-state index is 9.41. The average molecular weight is 199 g/mol. The Morgan fingerprint density at radius 1 is 1.29 bits per heavy atom. The van der Waals surface area contributed by atoms with E-state index in [0.717, 1.165) is 32.6 Å². The Morgan fingerprint density at radius 2 is 1.93 bits per heavy atom. The van der Waals surface area contributed by atoms with Crippen LogP contribution in [0.5, 0.6) is 0 Å². The Kier molecular flexibility index (Phi) is 2.82. The fourth-order valence-electron chi connectivity index (χ4n) is 2.40. The number of rotatable bonds is 4. The van der Waals surface area contributed by atoms with Crippen LogP contribution >= 0.6 is 0 Å². The zero-order valence-corrected chi connectivity index (χ0v) is 9.01. The predicted octanol–water partition coefficient (Wildman–Crippen LogP) is 0.918. The summed E-state index contributed by atoms with van der Waals surface area (Å²) in [4.78, 5) is 0. The van der Waals surface area contributed by atoms with Gasteiger partial charge in [-0.25, -0.2) is 0 Å². The third kappa shape index (κ3) is 1.95. The van der Waals surface area contributed by atoms with Crippen LogP contribution in [-0.4, -0.2) is 37.0 Å². The second-order valence-electron chi connectivity index (χ2n) is 5.30. The molecular formula is C11H21NO2. The molecule has 82 valence electrons. The zero-order chi connectivity index (χ0) is 10.1. The van der Waals surface area contributed by atoms with Gasteiger partial charge in [-0.15, -0.1) is 0 Å². The molecule has 0 aromatic rings. The van der Waals surface area contributed by atoms with Crippen LogP contribution in [0.1, 0.15) is 32.6 Å². The molecule has 3 nitrogen and oxygen atoms in total. The molecule has 0 amide bonds. The Balaban J connectivity index is 1.82. The van der Waals surface area contributed by atoms with E-state index in [9.17, 15) is 5.11 Å². The Labute approximate surface area is 85.8 Å². The van der Waals surface area contributed by atoms with E-state index in [1.165, 1.54) is 12.8 Å². The Hall–Kier alpha value is -0.120. The SMILES string of the molecule is CC1(CNC2(CO)CCCC2)COC1. The minimum absolute atomic E-state index is 0.0264. The lowest BCUT2D eigenvalue weighted by Crippen LogP contribution is -2.55. The fraction of sp³-hybridized carbons (Fsp3) is 1.00. The van der Waals surface area contributed by atoms with Crippen molar-refractivity contribution in [2.45, 2.75) is 38.1 Å². The number of nitrogens with one attached hydrogen (secondary N) is 1. The summed E-state index contributed by atoms with van der Waals surface area (Å²) >= 11 is 0. The second kappa shape index (κ2) is 3.80. The van der Waals surface area contributed by atoms with Gasteiger partial charge in [0.1, 0.15) is 0 Å². The van der Waals surface area contributed by atoms with Crippen molar-refractivity contribution in [1.82, 2.24) is 5.32 Å². The topological polar surface area (TPSA) is 41.5 Å². The molecular weight excluding hydrogens is 178 g/mol. The van der Waals surface area contributed by atoms with Gasteiger partial charge < -0.3 is 15.2 Å². The lowest BCUT2D eigenvalue weighted by Gasteiger charge is -2.41. The molecule has 1 saturated heterocycles. The number of ether oxygens (including phenoxy) is 1. The highest BCUT2D eigenvalue weighted by Crippen LogP contribution is 2.32. The van der Waals surface area contributed by atoms with Crippen molar-refractivity contribution < 1.29 is 9.84 Å². The van der Waals surface area contributed by atoms with Crippen LogP contribution in [-0.2, 0) is 4.74 Å². The fourth-order valence-corrected chi connectivity index (χ4v) is 2.40. The molecule has 0 radical (unpaired) electrons. The third-order valence-electron chi connectivity index (χ3n) is 3.65. The van der Waals surface area contributed by atoms with Crippen LogP contribution in [0.3, 0.4) is 0 Å². The van der Waals surface area contributed by atoms with Crippen LogP contribution in [0.4, 0.5) is 0 Å². The normalized spacial score (nSPS) is 28.7. The number of hydrogen-bond donors (Lipinski definition) is 2. The Morgan fingerprint density at radius 3 is 2.36 bits per heavy atom. The first kappa shape index (κ1) is 10.4. The van der Waals surface area contributed by atoms with E-state index in [4.69, 9.17) is 4.74 Å². The lowest BCUT2D eigenvalue weighted by molar-refractivity contribution is -0.103. The molecule has 2 aliphatic rings. The summed E-state index contributed by atoms with van der Waals surface area (Å²) in [6.45, 7) is 5.23.